The molecular formula is C13H16ClN3S. The third kappa shape index (κ3) is 3.21. The van der Waals surface area contributed by atoms with Gasteiger partial charge in [0.05, 0.1) is 24.3 Å². The Kier molecular flexibility index (Phi) is 4.55. The molecule has 0 atom stereocenters. The molecule has 5 heteroatoms. The molecule has 2 aromatic rings. The summed E-state index contributed by atoms with van der Waals surface area (Å²) < 4.78 is 0. The maximum Gasteiger partial charge on any atom is 0.148 e. The Hall–Kier alpha value is -1.13. The molecule has 0 aliphatic heterocycles. The molecule has 2 aromatic heterocycles. The minimum atomic E-state index is 0.368. The van der Waals surface area contributed by atoms with Gasteiger partial charge < -0.3 is 4.90 Å². The zero-order chi connectivity index (χ0) is 13.0. The molecule has 0 unspecified atom stereocenters. The zero-order valence-corrected chi connectivity index (χ0v) is 12.1. The fourth-order valence-electron chi connectivity index (χ4n) is 1.70. The lowest BCUT2D eigenvalue weighted by Gasteiger charge is -2.27. The predicted octanol–water partition coefficient (Wildman–Crippen LogP) is 3.69. The van der Waals surface area contributed by atoms with Crippen molar-refractivity contribution < 1.29 is 0 Å². The van der Waals surface area contributed by atoms with Gasteiger partial charge in [-0.15, -0.1) is 22.9 Å². The van der Waals surface area contributed by atoms with Crippen LogP contribution in [0.4, 0.5) is 5.82 Å². The first-order valence-corrected chi connectivity index (χ1v) is 7.28. The predicted molar refractivity (Wildman–Crippen MR) is 77.2 cm³/mol. The first-order valence-electron chi connectivity index (χ1n) is 5.86. The van der Waals surface area contributed by atoms with Crippen molar-refractivity contribution in [2.75, 3.05) is 4.90 Å². The minimum absolute atomic E-state index is 0.368. The quantitative estimate of drug-likeness (QED) is 0.783. The van der Waals surface area contributed by atoms with Crippen molar-refractivity contribution in [1.82, 2.24) is 9.97 Å². The van der Waals surface area contributed by atoms with Gasteiger partial charge in [-0.05, 0) is 25.3 Å². The van der Waals surface area contributed by atoms with Crippen LogP contribution in [0.5, 0.6) is 0 Å². The number of aromatic nitrogens is 2. The number of alkyl halides is 1. The van der Waals surface area contributed by atoms with Gasteiger partial charge in [0, 0.05) is 17.1 Å². The topological polar surface area (TPSA) is 29.0 Å². The van der Waals surface area contributed by atoms with Gasteiger partial charge in [-0.25, -0.2) is 4.98 Å². The second-order valence-electron chi connectivity index (χ2n) is 4.30. The number of thiophene rings is 1. The highest BCUT2D eigenvalue weighted by Crippen LogP contribution is 2.20. The number of hydrogen-bond acceptors (Lipinski definition) is 4. The highest BCUT2D eigenvalue weighted by Gasteiger charge is 2.13. The van der Waals surface area contributed by atoms with E-state index in [9.17, 15) is 0 Å². The molecule has 0 saturated carbocycles. The van der Waals surface area contributed by atoms with Gasteiger partial charge in [0.1, 0.15) is 5.82 Å². The van der Waals surface area contributed by atoms with Crippen molar-refractivity contribution in [3.8, 4) is 0 Å². The van der Waals surface area contributed by atoms with Crippen molar-refractivity contribution in [1.29, 1.82) is 0 Å². The van der Waals surface area contributed by atoms with Crippen LogP contribution in [-0.2, 0) is 12.4 Å². The number of rotatable bonds is 5. The van der Waals surface area contributed by atoms with Gasteiger partial charge in [-0.2, -0.15) is 0 Å². The van der Waals surface area contributed by atoms with E-state index in [0.717, 1.165) is 18.1 Å². The third-order valence-electron chi connectivity index (χ3n) is 2.63. The van der Waals surface area contributed by atoms with Crippen LogP contribution in [0.2, 0.25) is 0 Å². The van der Waals surface area contributed by atoms with Gasteiger partial charge in [0.25, 0.3) is 0 Å². The molecule has 3 nitrogen and oxygen atoms in total. The molecule has 0 radical (unpaired) electrons. The molecule has 96 valence electrons. The second-order valence-corrected chi connectivity index (χ2v) is 5.60. The van der Waals surface area contributed by atoms with E-state index in [2.05, 4.69) is 46.2 Å². The van der Waals surface area contributed by atoms with E-state index in [-0.39, 0.29) is 0 Å². The van der Waals surface area contributed by atoms with E-state index >= 15 is 0 Å². The average molecular weight is 282 g/mol. The zero-order valence-electron chi connectivity index (χ0n) is 10.5. The Morgan fingerprint density at radius 1 is 1.39 bits per heavy atom. The lowest BCUT2D eigenvalue weighted by molar-refractivity contribution is 0.673. The van der Waals surface area contributed by atoms with E-state index in [4.69, 9.17) is 11.6 Å². The summed E-state index contributed by atoms with van der Waals surface area (Å²) in [6.07, 6.45) is 3.50. The Morgan fingerprint density at radius 2 is 2.22 bits per heavy atom. The van der Waals surface area contributed by atoms with Crippen LogP contribution in [0.25, 0.3) is 0 Å². The summed E-state index contributed by atoms with van der Waals surface area (Å²) in [6.45, 7) is 5.17. The first-order chi connectivity index (χ1) is 8.70. The summed E-state index contributed by atoms with van der Waals surface area (Å²) in [6, 6.07) is 4.57. The molecule has 2 heterocycles. The van der Waals surface area contributed by atoms with Crippen molar-refractivity contribution in [2.45, 2.75) is 32.3 Å². The smallest absolute Gasteiger partial charge is 0.148 e. The Bertz CT molecular complexity index is 485. The summed E-state index contributed by atoms with van der Waals surface area (Å²) in [7, 11) is 0. The maximum absolute atomic E-state index is 5.81. The van der Waals surface area contributed by atoms with Gasteiger partial charge in [0.2, 0.25) is 0 Å². The third-order valence-corrected chi connectivity index (χ3v) is 3.77. The molecule has 0 saturated heterocycles. The maximum atomic E-state index is 5.81. The summed E-state index contributed by atoms with van der Waals surface area (Å²) >= 11 is 7.56. The minimum Gasteiger partial charge on any atom is -0.348 e. The van der Waals surface area contributed by atoms with E-state index in [1.807, 2.05) is 0 Å². The largest absolute Gasteiger partial charge is 0.348 e. The molecule has 0 aliphatic carbocycles. The standard InChI is InChI=1S/C13H16ClN3S/c1-10(2)17(9-12-4-3-5-18-12)13-8-15-7-11(6-14)16-13/h3-5,7-8,10H,6,9H2,1-2H3. The van der Waals surface area contributed by atoms with Crippen LogP contribution >= 0.6 is 22.9 Å². The second kappa shape index (κ2) is 6.16. The van der Waals surface area contributed by atoms with Gasteiger partial charge in [-0.1, -0.05) is 6.07 Å². The number of anilines is 1. The van der Waals surface area contributed by atoms with E-state index in [1.54, 1.807) is 23.7 Å². The summed E-state index contributed by atoms with van der Waals surface area (Å²) in [4.78, 5) is 12.3. The van der Waals surface area contributed by atoms with E-state index in [0.29, 0.717) is 11.9 Å². The molecule has 0 N–H and O–H groups in total. The number of hydrogen-bond donors (Lipinski definition) is 0. The summed E-state index contributed by atoms with van der Waals surface area (Å²) in [5.74, 6) is 1.28. The Morgan fingerprint density at radius 3 is 2.83 bits per heavy atom. The van der Waals surface area contributed by atoms with Crippen LogP contribution in [0, 0.1) is 0 Å². The van der Waals surface area contributed by atoms with Crippen molar-refractivity contribution >= 4 is 28.8 Å². The molecular weight excluding hydrogens is 266 g/mol. The molecule has 0 spiro atoms. The molecule has 18 heavy (non-hydrogen) atoms. The number of nitrogens with zero attached hydrogens (tertiary/aromatic N) is 3. The fraction of sp³-hybridized carbons (Fsp3) is 0.385. The van der Waals surface area contributed by atoms with Gasteiger partial charge >= 0.3 is 0 Å². The van der Waals surface area contributed by atoms with E-state index < -0.39 is 0 Å². The first kappa shape index (κ1) is 13.3. The Labute approximate surface area is 116 Å². The summed E-state index contributed by atoms with van der Waals surface area (Å²) in [5.41, 5.74) is 0.811. The highest BCUT2D eigenvalue weighted by molar-refractivity contribution is 7.09. The van der Waals surface area contributed by atoms with Gasteiger partial charge in [-0.3, -0.25) is 4.98 Å². The molecule has 0 amide bonds. The average Bonchev–Trinajstić information content (AvgIpc) is 2.88. The molecule has 0 aromatic carbocycles. The fourth-order valence-corrected chi connectivity index (χ4v) is 2.53. The molecule has 2 rings (SSSR count). The van der Waals surface area contributed by atoms with Crippen LogP contribution in [0.3, 0.4) is 0 Å². The van der Waals surface area contributed by atoms with E-state index in [1.165, 1.54) is 4.88 Å². The van der Waals surface area contributed by atoms with Crippen molar-refractivity contribution in [3.63, 3.8) is 0 Å². The SMILES string of the molecule is CC(C)N(Cc1cccs1)c1cncc(CCl)n1. The lowest BCUT2D eigenvalue weighted by Crippen LogP contribution is -2.30. The highest BCUT2D eigenvalue weighted by atomic mass is 35.5. The Balaban J connectivity index is 2.23. The van der Waals surface area contributed by atoms with Crippen LogP contribution in [0.1, 0.15) is 24.4 Å². The van der Waals surface area contributed by atoms with Gasteiger partial charge in [0.15, 0.2) is 0 Å². The van der Waals surface area contributed by atoms with Crippen LogP contribution < -0.4 is 4.90 Å². The van der Waals surface area contributed by atoms with Crippen molar-refractivity contribution in [2.24, 2.45) is 0 Å². The summed E-state index contributed by atoms with van der Waals surface area (Å²) in [5, 5.41) is 2.09. The van der Waals surface area contributed by atoms with Crippen LogP contribution in [0.15, 0.2) is 29.9 Å². The van der Waals surface area contributed by atoms with Crippen molar-refractivity contribution in [3.05, 3.63) is 40.5 Å². The van der Waals surface area contributed by atoms with Crippen LogP contribution in [-0.4, -0.2) is 16.0 Å². The molecule has 0 bridgehead atoms. The lowest BCUT2D eigenvalue weighted by atomic mass is 10.3. The normalized spacial score (nSPS) is 10.9. The monoisotopic (exact) mass is 281 g/mol. The number of halogens is 1. The molecule has 0 fully saturated rings. The molecule has 0 aliphatic rings.